The molecule has 0 fully saturated rings. The topological polar surface area (TPSA) is 98.5 Å². The van der Waals surface area contributed by atoms with E-state index in [4.69, 9.17) is 27.9 Å². The van der Waals surface area contributed by atoms with Crippen LogP contribution in [0.25, 0.3) is 0 Å². The van der Waals surface area contributed by atoms with Gasteiger partial charge in [-0.3, -0.25) is 19.7 Å². The number of rotatable bonds is 6. The molecule has 0 aliphatic rings. The van der Waals surface area contributed by atoms with E-state index in [0.29, 0.717) is 16.7 Å². The number of benzene rings is 2. The summed E-state index contributed by atoms with van der Waals surface area (Å²) in [6.45, 7) is 1.16. The van der Waals surface area contributed by atoms with Gasteiger partial charge in [0, 0.05) is 22.2 Å². The summed E-state index contributed by atoms with van der Waals surface area (Å²) < 4.78 is 44.5. The predicted octanol–water partition coefficient (Wildman–Crippen LogP) is 5.03. The van der Waals surface area contributed by atoms with Gasteiger partial charge in [0.15, 0.2) is 6.10 Å². The molecular formula is C18H13Cl2F3N2O5. The average Bonchev–Trinajstić information content (AvgIpc) is 2.63. The molecule has 2 aromatic carbocycles. The van der Waals surface area contributed by atoms with E-state index < -0.39 is 46.0 Å². The number of nitro groups is 1. The number of hydrogen-bond acceptors (Lipinski definition) is 5. The maximum atomic E-state index is 13.2. The van der Waals surface area contributed by atoms with Crippen molar-refractivity contribution in [2.24, 2.45) is 0 Å². The molecule has 0 aromatic heterocycles. The summed E-state index contributed by atoms with van der Waals surface area (Å²) >= 11 is 11.7. The highest BCUT2D eigenvalue weighted by Gasteiger charge is 2.36. The van der Waals surface area contributed by atoms with Crippen LogP contribution in [0.2, 0.25) is 10.0 Å². The first-order valence-electron chi connectivity index (χ1n) is 8.18. The molecule has 1 atom stereocenters. The van der Waals surface area contributed by atoms with Crippen LogP contribution < -0.4 is 5.32 Å². The fourth-order valence-corrected chi connectivity index (χ4v) is 2.81. The largest absolute Gasteiger partial charge is 0.452 e. The Kier molecular flexibility index (Phi) is 7.27. The van der Waals surface area contributed by atoms with E-state index in [1.165, 1.54) is 18.2 Å². The lowest BCUT2D eigenvalue weighted by atomic mass is 10.1. The van der Waals surface area contributed by atoms with Gasteiger partial charge in [-0.25, -0.2) is 0 Å². The molecule has 0 saturated carbocycles. The smallest absolute Gasteiger partial charge is 0.418 e. The first-order valence-corrected chi connectivity index (χ1v) is 8.94. The second-order valence-electron chi connectivity index (χ2n) is 6.02. The van der Waals surface area contributed by atoms with Crippen molar-refractivity contribution in [3.05, 3.63) is 67.7 Å². The van der Waals surface area contributed by atoms with Gasteiger partial charge in [0.05, 0.1) is 22.6 Å². The fourth-order valence-electron chi connectivity index (χ4n) is 2.34. The zero-order valence-corrected chi connectivity index (χ0v) is 16.6. The minimum atomic E-state index is -4.96. The summed E-state index contributed by atoms with van der Waals surface area (Å²) in [6.07, 6.45) is -6.70. The van der Waals surface area contributed by atoms with Gasteiger partial charge in [-0.05, 0) is 30.7 Å². The second-order valence-corrected chi connectivity index (χ2v) is 6.86. The molecule has 2 aromatic rings. The van der Waals surface area contributed by atoms with Crippen molar-refractivity contribution in [1.29, 1.82) is 0 Å². The first kappa shape index (κ1) is 23.4. The third-order valence-corrected chi connectivity index (χ3v) is 4.39. The van der Waals surface area contributed by atoms with E-state index in [1.54, 1.807) is 0 Å². The van der Waals surface area contributed by atoms with Gasteiger partial charge < -0.3 is 10.1 Å². The van der Waals surface area contributed by atoms with E-state index in [9.17, 15) is 32.9 Å². The molecule has 12 heteroatoms. The van der Waals surface area contributed by atoms with Crippen LogP contribution in [-0.2, 0) is 26.9 Å². The van der Waals surface area contributed by atoms with E-state index in [1.807, 2.05) is 5.32 Å². The van der Waals surface area contributed by atoms with Crippen molar-refractivity contribution >= 4 is 46.5 Å². The Labute approximate surface area is 177 Å². The molecule has 1 N–H and O–H groups in total. The molecular weight excluding hydrogens is 452 g/mol. The molecule has 0 bridgehead atoms. The molecule has 0 saturated heterocycles. The number of anilines is 1. The third-order valence-electron chi connectivity index (χ3n) is 3.80. The Morgan fingerprint density at radius 1 is 1.20 bits per heavy atom. The Bertz CT molecular complexity index is 998. The number of nitro benzene ring substituents is 1. The van der Waals surface area contributed by atoms with E-state index in [2.05, 4.69) is 0 Å². The maximum absolute atomic E-state index is 13.2. The zero-order chi connectivity index (χ0) is 22.6. The summed E-state index contributed by atoms with van der Waals surface area (Å²) in [5.41, 5.74) is -2.52. The second kappa shape index (κ2) is 9.31. The van der Waals surface area contributed by atoms with Gasteiger partial charge >= 0.3 is 12.1 Å². The minimum Gasteiger partial charge on any atom is -0.452 e. The van der Waals surface area contributed by atoms with E-state index >= 15 is 0 Å². The molecule has 1 unspecified atom stereocenters. The normalized spacial score (nSPS) is 12.2. The lowest BCUT2D eigenvalue weighted by Gasteiger charge is -2.17. The molecule has 7 nitrogen and oxygen atoms in total. The molecule has 0 aliphatic heterocycles. The number of non-ortho nitro benzene ring substituents is 1. The van der Waals surface area contributed by atoms with Crippen molar-refractivity contribution in [3.8, 4) is 0 Å². The number of ether oxygens (including phenoxy) is 1. The van der Waals surface area contributed by atoms with Gasteiger partial charge in [0.1, 0.15) is 0 Å². The molecule has 1 amide bonds. The number of amides is 1. The first-order chi connectivity index (χ1) is 13.9. The quantitative estimate of drug-likeness (QED) is 0.367. The molecule has 160 valence electrons. The number of esters is 1. The summed E-state index contributed by atoms with van der Waals surface area (Å²) in [4.78, 5) is 33.9. The van der Waals surface area contributed by atoms with Crippen LogP contribution in [0.5, 0.6) is 0 Å². The van der Waals surface area contributed by atoms with Crippen LogP contribution in [0.1, 0.15) is 18.1 Å². The number of nitrogens with zero attached hydrogens (tertiary/aromatic N) is 1. The van der Waals surface area contributed by atoms with Gasteiger partial charge in [-0.2, -0.15) is 13.2 Å². The third kappa shape index (κ3) is 6.07. The lowest BCUT2D eigenvalue weighted by Crippen LogP contribution is -2.31. The monoisotopic (exact) mass is 464 g/mol. The minimum absolute atomic E-state index is 0.206. The SMILES string of the molecule is CC(OC(=O)Cc1ccc(Cl)cc1Cl)C(=O)Nc1ccc([N+](=O)[O-])cc1C(F)(F)F. The van der Waals surface area contributed by atoms with Gasteiger partial charge in [0.2, 0.25) is 0 Å². The van der Waals surface area contributed by atoms with Crippen LogP contribution in [-0.4, -0.2) is 22.9 Å². The number of hydrogen-bond donors (Lipinski definition) is 1. The van der Waals surface area contributed by atoms with Crippen LogP contribution in [0.4, 0.5) is 24.5 Å². The van der Waals surface area contributed by atoms with Crippen molar-refractivity contribution in [3.63, 3.8) is 0 Å². The molecule has 0 aliphatic carbocycles. The number of halogens is 5. The van der Waals surface area contributed by atoms with Crippen molar-refractivity contribution in [2.75, 3.05) is 5.32 Å². The Morgan fingerprint density at radius 2 is 1.87 bits per heavy atom. The van der Waals surface area contributed by atoms with Crippen molar-refractivity contribution in [1.82, 2.24) is 0 Å². The van der Waals surface area contributed by atoms with Crippen molar-refractivity contribution < 1.29 is 32.4 Å². The fraction of sp³-hybridized carbons (Fsp3) is 0.222. The van der Waals surface area contributed by atoms with Crippen LogP contribution in [0.3, 0.4) is 0 Å². The summed E-state index contributed by atoms with van der Waals surface area (Å²) in [5.74, 6) is -1.90. The number of alkyl halides is 3. The summed E-state index contributed by atoms with van der Waals surface area (Å²) in [6, 6.07) is 6.26. The van der Waals surface area contributed by atoms with Gasteiger partial charge in [0.25, 0.3) is 11.6 Å². The highest BCUT2D eigenvalue weighted by atomic mass is 35.5. The Balaban J connectivity index is 2.10. The molecule has 2 rings (SSSR count). The number of carbonyl (C=O) groups is 2. The van der Waals surface area contributed by atoms with Crippen molar-refractivity contribution in [2.45, 2.75) is 25.6 Å². The highest BCUT2D eigenvalue weighted by molar-refractivity contribution is 6.35. The summed E-state index contributed by atoms with van der Waals surface area (Å²) in [7, 11) is 0. The predicted molar refractivity (Wildman–Crippen MR) is 102 cm³/mol. The van der Waals surface area contributed by atoms with Gasteiger partial charge in [-0.1, -0.05) is 29.3 Å². The molecule has 0 spiro atoms. The van der Waals surface area contributed by atoms with E-state index in [-0.39, 0.29) is 11.4 Å². The Hall–Kier alpha value is -2.85. The van der Waals surface area contributed by atoms with Gasteiger partial charge in [-0.15, -0.1) is 0 Å². The number of carbonyl (C=O) groups excluding carboxylic acids is 2. The standard InChI is InChI=1S/C18H13Cl2F3N2O5/c1-9(30-16(26)6-10-2-3-11(19)7-14(10)20)17(27)24-15-5-4-12(25(28)29)8-13(15)18(21,22)23/h2-5,7-9H,6H2,1H3,(H,24,27). The average molecular weight is 465 g/mol. The molecule has 0 heterocycles. The maximum Gasteiger partial charge on any atom is 0.418 e. The van der Waals surface area contributed by atoms with E-state index in [0.717, 1.165) is 19.1 Å². The Morgan fingerprint density at radius 3 is 2.43 bits per heavy atom. The molecule has 0 radical (unpaired) electrons. The highest BCUT2D eigenvalue weighted by Crippen LogP contribution is 2.37. The number of nitrogens with one attached hydrogen (secondary N) is 1. The lowest BCUT2D eigenvalue weighted by molar-refractivity contribution is -0.385. The summed E-state index contributed by atoms with van der Waals surface area (Å²) in [5, 5.41) is 13.2. The van der Waals surface area contributed by atoms with Crippen LogP contribution in [0, 0.1) is 10.1 Å². The van der Waals surface area contributed by atoms with Crippen LogP contribution >= 0.6 is 23.2 Å². The molecule has 30 heavy (non-hydrogen) atoms. The zero-order valence-electron chi connectivity index (χ0n) is 15.1. The van der Waals surface area contributed by atoms with Crippen LogP contribution in [0.15, 0.2) is 36.4 Å².